The van der Waals surface area contributed by atoms with E-state index in [1.165, 1.54) is 0 Å². The van der Waals surface area contributed by atoms with Gasteiger partial charge in [-0.3, -0.25) is 4.79 Å². The third kappa shape index (κ3) is 4.09. The summed E-state index contributed by atoms with van der Waals surface area (Å²) in [4.78, 5) is 13.5. The Morgan fingerprint density at radius 3 is 2.36 bits per heavy atom. The van der Waals surface area contributed by atoms with Crippen molar-refractivity contribution >= 4 is 5.91 Å². The molecular weight excluding hydrogens is 178 g/mol. The van der Waals surface area contributed by atoms with Crippen LogP contribution in [0.3, 0.4) is 0 Å². The van der Waals surface area contributed by atoms with Gasteiger partial charge in [-0.1, -0.05) is 6.92 Å². The minimum atomic E-state index is -0.0592. The van der Waals surface area contributed by atoms with Crippen molar-refractivity contribution in [2.45, 2.75) is 52.0 Å². The summed E-state index contributed by atoms with van der Waals surface area (Å²) in [7, 11) is 1.85. The van der Waals surface area contributed by atoms with Crippen LogP contribution in [-0.2, 0) is 4.79 Å². The lowest BCUT2D eigenvalue weighted by Gasteiger charge is -2.35. The molecule has 0 aliphatic rings. The molecule has 0 aliphatic heterocycles. The lowest BCUT2D eigenvalue weighted by Crippen LogP contribution is -2.44. The largest absolute Gasteiger partial charge is 0.396 e. The van der Waals surface area contributed by atoms with Crippen molar-refractivity contribution in [3.63, 3.8) is 0 Å². The first-order valence-corrected chi connectivity index (χ1v) is 5.33. The maximum atomic E-state index is 11.7. The monoisotopic (exact) mass is 201 g/mol. The Balaban J connectivity index is 3.99. The molecule has 0 saturated heterocycles. The highest BCUT2D eigenvalue weighted by molar-refractivity contribution is 5.76. The zero-order valence-corrected chi connectivity index (χ0v) is 9.84. The van der Waals surface area contributed by atoms with E-state index in [0.29, 0.717) is 12.8 Å². The van der Waals surface area contributed by atoms with Crippen molar-refractivity contribution < 1.29 is 9.90 Å². The van der Waals surface area contributed by atoms with Gasteiger partial charge in [-0.25, -0.2) is 0 Å². The van der Waals surface area contributed by atoms with Gasteiger partial charge < -0.3 is 10.0 Å². The Morgan fingerprint density at radius 1 is 1.36 bits per heavy atom. The van der Waals surface area contributed by atoms with Gasteiger partial charge in [0, 0.05) is 25.6 Å². The Morgan fingerprint density at radius 2 is 1.93 bits per heavy atom. The average molecular weight is 201 g/mol. The normalized spacial score (nSPS) is 11.5. The zero-order chi connectivity index (χ0) is 11.2. The number of amides is 1. The van der Waals surface area contributed by atoms with E-state index in [4.69, 9.17) is 5.11 Å². The minimum Gasteiger partial charge on any atom is -0.396 e. The fourth-order valence-electron chi connectivity index (χ4n) is 1.13. The van der Waals surface area contributed by atoms with Crippen molar-refractivity contribution in [3.05, 3.63) is 0 Å². The Hall–Kier alpha value is -0.570. The fraction of sp³-hybridized carbons (Fsp3) is 0.909. The van der Waals surface area contributed by atoms with E-state index >= 15 is 0 Å². The molecule has 0 fully saturated rings. The van der Waals surface area contributed by atoms with Crippen molar-refractivity contribution in [2.75, 3.05) is 13.7 Å². The van der Waals surface area contributed by atoms with Crippen LogP contribution in [0.15, 0.2) is 0 Å². The summed E-state index contributed by atoms with van der Waals surface area (Å²) in [6.07, 6.45) is 2.99. The lowest BCUT2D eigenvalue weighted by atomic mass is 9.99. The topological polar surface area (TPSA) is 40.5 Å². The molecule has 0 aromatic carbocycles. The Kier molecular flexibility index (Phi) is 5.77. The maximum absolute atomic E-state index is 11.7. The number of hydrogen-bond acceptors (Lipinski definition) is 2. The summed E-state index contributed by atoms with van der Waals surface area (Å²) in [5.41, 5.74) is -0.0592. The third-order valence-corrected chi connectivity index (χ3v) is 2.95. The van der Waals surface area contributed by atoms with E-state index in [0.717, 1.165) is 12.8 Å². The number of aliphatic hydroxyl groups excluding tert-OH is 1. The summed E-state index contributed by atoms with van der Waals surface area (Å²) in [5, 5.41) is 8.60. The predicted molar refractivity (Wildman–Crippen MR) is 58.1 cm³/mol. The fourth-order valence-corrected chi connectivity index (χ4v) is 1.13. The summed E-state index contributed by atoms with van der Waals surface area (Å²) >= 11 is 0. The van der Waals surface area contributed by atoms with Gasteiger partial charge >= 0.3 is 0 Å². The molecule has 0 rings (SSSR count). The number of rotatable bonds is 6. The molecule has 84 valence electrons. The molecule has 3 nitrogen and oxygen atoms in total. The van der Waals surface area contributed by atoms with Gasteiger partial charge in [0.2, 0.25) is 5.91 Å². The van der Waals surface area contributed by atoms with E-state index in [9.17, 15) is 4.79 Å². The van der Waals surface area contributed by atoms with Gasteiger partial charge in [-0.15, -0.1) is 0 Å². The second kappa shape index (κ2) is 6.02. The number of carbonyl (C=O) groups is 1. The van der Waals surface area contributed by atoms with E-state index in [1.807, 2.05) is 11.9 Å². The highest BCUT2D eigenvalue weighted by Crippen LogP contribution is 2.17. The molecule has 0 atom stereocenters. The Bertz CT molecular complexity index is 178. The highest BCUT2D eigenvalue weighted by Gasteiger charge is 2.24. The van der Waals surface area contributed by atoms with E-state index < -0.39 is 0 Å². The van der Waals surface area contributed by atoms with Crippen LogP contribution in [0, 0.1) is 0 Å². The molecule has 0 bridgehead atoms. The summed E-state index contributed by atoms with van der Waals surface area (Å²) in [5.74, 6) is 0.172. The van der Waals surface area contributed by atoms with Crippen LogP contribution in [0.25, 0.3) is 0 Å². The summed E-state index contributed by atoms with van der Waals surface area (Å²) in [6, 6.07) is 0. The second-order valence-corrected chi connectivity index (χ2v) is 4.30. The first-order valence-electron chi connectivity index (χ1n) is 5.33. The zero-order valence-electron chi connectivity index (χ0n) is 9.84. The second-order valence-electron chi connectivity index (χ2n) is 4.30. The third-order valence-electron chi connectivity index (χ3n) is 2.95. The first kappa shape index (κ1) is 13.4. The van der Waals surface area contributed by atoms with Gasteiger partial charge in [-0.05, 0) is 33.1 Å². The molecule has 0 radical (unpaired) electrons. The SMILES string of the molecule is CCC(C)(C)N(C)C(=O)CCCCO. The van der Waals surface area contributed by atoms with Crippen LogP contribution in [-0.4, -0.2) is 35.1 Å². The molecule has 0 unspecified atom stereocenters. The number of unbranched alkanes of at least 4 members (excludes halogenated alkanes) is 1. The van der Waals surface area contributed by atoms with Gasteiger partial charge in [0.15, 0.2) is 0 Å². The molecule has 14 heavy (non-hydrogen) atoms. The smallest absolute Gasteiger partial charge is 0.222 e. The van der Waals surface area contributed by atoms with Crippen molar-refractivity contribution in [3.8, 4) is 0 Å². The molecule has 0 spiro atoms. The van der Waals surface area contributed by atoms with E-state index in [1.54, 1.807) is 0 Å². The van der Waals surface area contributed by atoms with Crippen molar-refractivity contribution in [1.29, 1.82) is 0 Å². The van der Waals surface area contributed by atoms with Gasteiger partial charge in [0.25, 0.3) is 0 Å². The number of aliphatic hydroxyl groups is 1. The molecular formula is C11H23NO2. The number of nitrogens with zero attached hydrogens (tertiary/aromatic N) is 1. The van der Waals surface area contributed by atoms with Crippen LogP contribution in [0.2, 0.25) is 0 Å². The molecule has 1 amide bonds. The quantitative estimate of drug-likeness (QED) is 0.666. The minimum absolute atomic E-state index is 0.0592. The molecule has 3 heteroatoms. The number of hydrogen-bond donors (Lipinski definition) is 1. The van der Waals surface area contributed by atoms with Crippen LogP contribution in [0.5, 0.6) is 0 Å². The van der Waals surface area contributed by atoms with E-state index in [2.05, 4.69) is 20.8 Å². The summed E-state index contributed by atoms with van der Waals surface area (Å²) in [6.45, 7) is 6.39. The molecule has 1 N–H and O–H groups in total. The Labute approximate surface area is 87.1 Å². The summed E-state index contributed by atoms with van der Waals surface area (Å²) < 4.78 is 0. The standard InChI is InChI=1S/C11H23NO2/c1-5-11(2,3)12(4)10(14)8-6-7-9-13/h13H,5-9H2,1-4H3. The van der Waals surface area contributed by atoms with E-state index in [-0.39, 0.29) is 18.1 Å². The van der Waals surface area contributed by atoms with Gasteiger partial charge in [0.05, 0.1) is 0 Å². The predicted octanol–water partition coefficient (Wildman–Crippen LogP) is 1.80. The van der Waals surface area contributed by atoms with Crippen LogP contribution < -0.4 is 0 Å². The maximum Gasteiger partial charge on any atom is 0.222 e. The van der Waals surface area contributed by atoms with Crippen molar-refractivity contribution in [2.24, 2.45) is 0 Å². The average Bonchev–Trinajstić information content (AvgIpc) is 2.17. The highest BCUT2D eigenvalue weighted by atomic mass is 16.3. The van der Waals surface area contributed by atoms with Crippen LogP contribution in [0.4, 0.5) is 0 Å². The van der Waals surface area contributed by atoms with Crippen molar-refractivity contribution in [1.82, 2.24) is 4.90 Å². The molecule has 0 aromatic heterocycles. The van der Waals surface area contributed by atoms with Crippen LogP contribution >= 0.6 is 0 Å². The lowest BCUT2D eigenvalue weighted by molar-refractivity contribution is -0.134. The molecule has 0 aliphatic carbocycles. The van der Waals surface area contributed by atoms with Gasteiger partial charge in [-0.2, -0.15) is 0 Å². The molecule has 0 saturated carbocycles. The molecule has 0 heterocycles. The number of carbonyl (C=O) groups excluding carboxylic acids is 1. The first-order chi connectivity index (χ1) is 6.45. The van der Waals surface area contributed by atoms with Crippen LogP contribution in [0.1, 0.15) is 46.5 Å². The van der Waals surface area contributed by atoms with Gasteiger partial charge in [0.1, 0.15) is 0 Å². The molecule has 0 aromatic rings.